The number of rotatable bonds is 12. The van der Waals surface area contributed by atoms with Gasteiger partial charge < -0.3 is 22.1 Å². The van der Waals surface area contributed by atoms with Crippen molar-refractivity contribution >= 4 is 11.8 Å². The van der Waals surface area contributed by atoms with Gasteiger partial charge in [-0.3, -0.25) is 9.59 Å². The van der Waals surface area contributed by atoms with Crippen molar-refractivity contribution in [1.29, 1.82) is 0 Å². The fourth-order valence-electron chi connectivity index (χ4n) is 4.48. The first-order valence-corrected chi connectivity index (χ1v) is 11.6. The minimum atomic E-state index is -0.138. The van der Waals surface area contributed by atoms with Crippen LogP contribution in [-0.2, 0) is 0 Å². The highest BCUT2D eigenvalue weighted by Crippen LogP contribution is 2.33. The Hall–Kier alpha value is -1.92. The highest BCUT2D eigenvalue weighted by molar-refractivity contribution is 5.97. The average molecular weight is 447 g/mol. The van der Waals surface area contributed by atoms with E-state index < -0.39 is 0 Å². The molecule has 0 spiro atoms. The molecule has 0 aliphatic rings. The van der Waals surface area contributed by atoms with Crippen molar-refractivity contribution in [3.63, 3.8) is 0 Å². The summed E-state index contributed by atoms with van der Waals surface area (Å²) in [6.45, 7) is 19.4. The minimum Gasteiger partial charge on any atom is -0.352 e. The molecule has 0 bridgehead atoms. The first-order valence-electron chi connectivity index (χ1n) is 11.6. The smallest absolute Gasteiger partial charge is 0.251 e. The molecule has 2 amide bonds. The van der Waals surface area contributed by atoms with Gasteiger partial charge in [0.25, 0.3) is 11.8 Å². The molecule has 0 radical (unpaired) electrons. The van der Waals surface area contributed by atoms with E-state index in [1.165, 1.54) is 0 Å². The minimum absolute atomic E-state index is 0.0257. The van der Waals surface area contributed by atoms with Crippen molar-refractivity contribution in [2.24, 2.45) is 33.1 Å². The highest BCUT2D eigenvalue weighted by atomic mass is 16.2. The Morgan fingerprint density at radius 3 is 1.16 bits per heavy atom. The Bertz CT molecular complexity index is 700. The normalized spacial score (nSPS) is 13.1. The molecule has 0 atom stereocenters. The van der Waals surface area contributed by atoms with Crippen LogP contribution in [0.1, 0.15) is 88.9 Å². The molecular weight excluding hydrogens is 400 g/mol. The number of benzene rings is 1. The van der Waals surface area contributed by atoms with Gasteiger partial charge in [0, 0.05) is 24.2 Å². The molecule has 0 aliphatic carbocycles. The maximum atomic E-state index is 12.6. The van der Waals surface area contributed by atoms with Crippen LogP contribution in [-0.4, -0.2) is 38.0 Å². The topological polar surface area (TPSA) is 110 Å². The van der Waals surface area contributed by atoms with Gasteiger partial charge in [-0.15, -0.1) is 0 Å². The molecule has 1 aromatic carbocycles. The van der Waals surface area contributed by atoms with Crippen LogP contribution in [0.15, 0.2) is 24.3 Å². The van der Waals surface area contributed by atoms with Crippen molar-refractivity contribution in [3.05, 3.63) is 35.4 Å². The summed E-state index contributed by atoms with van der Waals surface area (Å²) in [4.78, 5) is 25.2. The predicted molar refractivity (Wildman–Crippen MR) is 134 cm³/mol. The molecule has 0 unspecified atom stereocenters. The molecule has 0 saturated heterocycles. The van der Waals surface area contributed by atoms with E-state index in [4.69, 9.17) is 11.5 Å². The second-order valence-corrected chi connectivity index (χ2v) is 12.4. The van der Waals surface area contributed by atoms with E-state index in [2.05, 4.69) is 66.0 Å². The van der Waals surface area contributed by atoms with Crippen LogP contribution in [0, 0.1) is 21.7 Å². The molecule has 0 heterocycles. The molecule has 1 rings (SSSR count). The molecule has 0 saturated carbocycles. The molecular formula is C26H46N4O2. The summed E-state index contributed by atoms with van der Waals surface area (Å²) in [5, 5.41) is 6.03. The van der Waals surface area contributed by atoms with Crippen LogP contribution in [0.3, 0.4) is 0 Å². The van der Waals surface area contributed by atoms with Gasteiger partial charge in [-0.25, -0.2) is 0 Å². The summed E-state index contributed by atoms with van der Waals surface area (Å²) in [7, 11) is 0. The number of amides is 2. The monoisotopic (exact) mass is 446 g/mol. The van der Waals surface area contributed by atoms with Crippen molar-refractivity contribution in [2.75, 3.05) is 26.2 Å². The predicted octanol–water partition coefficient (Wildman–Crippen LogP) is 3.95. The zero-order chi connectivity index (χ0) is 24.8. The van der Waals surface area contributed by atoms with Gasteiger partial charge >= 0.3 is 0 Å². The number of hydrogen-bond donors (Lipinski definition) is 4. The quantitative estimate of drug-likeness (QED) is 0.390. The Morgan fingerprint density at radius 1 is 0.625 bits per heavy atom. The number of nitrogens with two attached hydrogens (primary N) is 2. The Balaban J connectivity index is 2.64. The first-order chi connectivity index (χ1) is 14.5. The summed E-state index contributed by atoms with van der Waals surface area (Å²) < 4.78 is 0. The Kier molecular flexibility index (Phi) is 9.49. The summed E-state index contributed by atoms with van der Waals surface area (Å²) in [5.41, 5.74) is 12.7. The van der Waals surface area contributed by atoms with Gasteiger partial charge in [0.05, 0.1) is 0 Å². The third-order valence-electron chi connectivity index (χ3n) is 5.88. The molecule has 6 heteroatoms. The van der Waals surface area contributed by atoms with Crippen molar-refractivity contribution in [1.82, 2.24) is 10.6 Å². The molecule has 6 nitrogen and oxygen atoms in total. The van der Waals surface area contributed by atoms with Crippen molar-refractivity contribution in [2.45, 2.75) is 68.2 Å². The lowest BCUT2D eigenvalue weighted by molar-refractivity contribution is 0.0911. The van der Waals surface area contributed by atoms with E-state index in [-0.39, 0.29) is 33.5 Å². The number of carbonyl (C=O) groups excluding carboxylic acids is 2. The van der Waals surface area contributed by atoms with Gasteiger partial charge in [0.1, 0.15) is 0 Å². The molecule has 6 N–H and O–H groups in total. The lowest BCUT2D eigenvalue weighted by atomic mass is 9.75. The zero-order valence-corrected chi connectivity index (χ0v) is 21.5. The van der Waals surface area contributed by atoms with E-state index in [1.54, 1.807) is 24.3 Å². The second kappa shape index (κ2) is 10.8. The molecule has 32 heavy (non-hydrogen) atoms. The Labute approximate surface area is 195 Å². The van der Waals surface area contributed by atoms with E-state index in [1.807, 2.05) is 0 Å². The molecule has 0 aliphatic heterocycles. The summed E-state index contributed by atoms with van der Waals surface area (Å²) >= 11 is 0. The van der Waals surface area contributed by atoms with Crippen LogP contribution >= 0.6 is 0 Å². The van der Waals surface area contributed by atoms with E-state index >= 15 is 0 Å². The van der Waals surface area contributed by atoms with E-state index in [9.17, 15) is 9.59 Å². The zero-order valence-electron chi connectivity index (χ0n) is 21.5. The number of carbonyl (C=O) groups is 2. The van der Waals surface area contributed by atoms with Crippen LogP contribution in [0.25, 0.3) is 0 Å². The third kappa shape index (κ3) is 9.70. The molecule has 0 fully saturated rings. The molecule has 0 aromatic heterocycles. The van der Waals surface area contributed by atoms with Crippen molar-refractivity contribution < 1.29 is 9.59 Å². The average Bonchev–Trinajstić information content (AvgIpc) is 2.69. The number of hydrogen-bond acceptors (Lipinski definition) is 4. The third-order valence-corrected chi connectivity index (χ3v) is 5.88. The maximum Gasteiger partial charge on any atom is 0.251 e. The SMILES string of the molecule is CC(C)(CN)CC(C)(C)CNC(=O)c1ccc(C(=O)NCC(C)(C)CC(C)(C)CN)cc1. The fourth-order valence-corrected chi connectivity index (χ4v) is 4.48. The van der Waals surface area contributed by atoms with E-state index in [0.717, 1.165) is 12.8 Å². The highest BCUT2D eigenvalue weighted by Gasteiger charge is 2.29. The van der Waals surface area contributed by atoms with Gasteiger partial charge in [0.15, 0.2) is 0 Å². The van der Waals surface area contributed by atoms with Crippen molar-refractivity contribution in [3.8, 4) is 0 Å². The van der Waals surface area contributed by atoms with Crippen LogP contribution in [0.2, 0.25) is 0 Å². The van der Waals surface area contributed by atoms with Gasteiger partial charge in [-0.05, 0) is 71.9 Å². The fraction of sp³-hybridized carbons (Fsp3) is 0.692. The summed E-state index contributed by atoms with van der Waals surface area (Å²) in [5.74, 6) is -0.276. The Morgan fingerprint density at radius 2 is 0.906 bits per heavy atom. The van der Waals surface area contributed by atoms with Crippen LogP contribution in [0.4, 0.5) is 0 Å². The molecule has 1 aromatic rings. The summed E-state index contributed by atoms with van der Waals surface area (Å²) in [6, 6.07) is 6.79. The van der Waals surface area contributed by atoms with Crippen LogP contribution in [0.5, 0.6) is 0 Å². The lowest BCUT2D eigenvalue weighted by Gasteiger charge is -2.34. The van der Waals surface area contributed by atoms with Gasteiger partial charge in [-0.1, -0.05) is 55.4 Å². The van der Waals surface area contributed by atoms with Crippen LogP contribution < -0.4 is 22.1 Å². The number of nitrogens with one attached hydrogen (secondary N) is 2. The molecule has 182 valence electrons. The van der Waals surface area contributed by atoms with Gasteiger partial charge in [0.2, 0.25) is 0 Å². The van der Waals surface area contributed by atoms with Gasteiger partial charge in [-0.2, -0.15) is 0 Å². The lowest BCUT2D eigenvalue weighted by Crippen LogP contribution is -2.39. The standard InChI is InChI=1S/C26H46N4O2/c1-23(2,15-27)13-25(5,6)17-29-21(31)19-9-11-20(12-10-19)22(32)30-18-26(7,8)14-24(3,4)16-28/h9-12H,13-18,27-28H2,1-8H3,(H,29,31)(H,30,32). The van der Waals surface area contributed by atoms with E-state index in [0.29, 0.717) is 37.3 Å². The summed E-state index contributed by atoms with van der Waals surface area (Å²) in [6.07, 6.45) is 1.82. The maximum absolute atomic E-state index is 12.6. The largest absolute Gasteiger partial charge is 0.352 e. The first kappa shape index (κ1) is 28.1. The second-order valence-electron chi connectivity index (χ2n) is 12.4.